The van der Waals surface area contributed by atoms with Crippen molar-refractivity contribution in [3.05, 3.63) is 47.4 Å². The van der Waals surface area contributed by atoms with E-state index in [0.717, 1.165) is 42.7 Å². The van der Waals surface area contributed by atoms with Gasteiger partial charge in [0.2, 0.25) is 0 Å². The van der Waals surface area contributed by atoms with E-state index in [4.69, 9.17) is 9.73 Å². The molecule has 0 fully saturated rings. The van der Waals surface area contributed by atoms with Crippen LogP contribution in [0.1, 0.15) is 44.4 Å². The van der Waals surface area contributed by atoms with Crippen molar-refractivity contribution in [3.63, 3.8) is 0 Å². The number of ketones is 1. The molecule has 4 rings (SSSR count). The van der Waals surface area contributed by atoms with Gasteiger partial charge in [0.1, 0.15) is 5.78 Å². The maximum Gasteiger partial charge on any atom is 0.409 e. The van der Waals surface area contributed by atoms with E-state index >= 15 is 0 Å². The van der Waals surface area contributed by atoms with Gasteiger partial charge in [0, 0.05) is 43.4 Å². The Kier molecular flexibility index (Phi) is 5.75. The highest BCUT2D eigenvalue weighted by molar-refractivity contribution is 6.12. The van der Waals surface area contributed by atoms with Gasteiger partial charge in [-0.05, 0) is 57.2 Å². The number of aliphatic imine (C=N–C) groups is 1. The first-order valence-electron chi connectivity index (χ1n) is 10.8. The van der Waals surface area contributed by atoms with E-state index in [1.54, 1.807) is 25.8 Å². The van der Waals surface area contributed by atoms with Crippen LogP contribution in [-0.4, -0.2) is 47.8 Å². The summed E-state index contributed by atoms with van der Waals surface area (Å²) >= 11 is 0. The van der Waals surface area contributed by atoms with E-state index in [1.807, 2.05) is 12.3 Å². The molecule has 0 saturated carbocycles. The van der Waals surface area contributed by atoms with Gasteiger partial charge in [-0.15, -0.1) is 0 Å². The molecule has 158 valence electrons. The number of carbonyl (C=O) groups is 2. The Morgan fingerprint density at radius 3 is 2.97 bits per heavy atom. The molecule has 0 radical (unpaired) electrons. The number of ether oxygens (including phenoxy) is 1. The summed E-state index contributed by atoms with van der Waals surface area (Å²) in [5.74, 6) is -0.0504. The van der Waals surface area contributed by atoms with E-state index in [9.17, 15) is 9.59 Å². The van der Waals surface area contributed by atoms with Crippen LogP contribution in [0.15, 0.2) is 41.2 Å². The number of allylic oxidation sites excluding steroid dienone is 6. The molecule has 2 aliphatic carbocycles. The minimum absolute atomic E-state index is 0.00634. The van der Waals surface area contributed by atoms with Crippen LogP contribution in [0.25, 0.3) is 11.3 Å². The molecule has 1 aromatic rings. The predicted octanol–water partition coefficient (Wildman–Crippen LogP) is 4.33. The van der Waals surface area contributed by atoms with Crippen molar-refractivity contribution in [1.29, 1.82) is 0 Å². The third-order valence-corrected chi connectivity index (χ3v) is 6.19. The zero-order valence-electron chi connectivity index (χ0n) is 17.9. The lowest BCUT2D eigenvalue weighted by molar-refractivity contribution is -0.120. The number of fused-ring (bicyclic) bond motifs is 1. The highest BCUT2D eigenvalue weighted by Crippen LogP contribution is 2.41. The molecule has 6 heteroatoms. The highest BCUT2D eigenvalue weighted by atomic mass is 16.5. The van der Waals surface area contributed by atoms with E-state index in [-0.39, 0.29) is 23.7 Å². The molecule has 0 bridgehead atoms. The van der Waals surface area contributed by atoms with Crippen molar-refractivity contribution >= 4 is 29.4 Å². The fraction of sp³-hybridized carbons (Fsp3) is 0.458. The number of nitrogens with zero attached hydrogens (tertiary/aromatic N) is 3. The molecule has 0 N–H and O–H groups in total. The SMILES string of the molecule is CCOC(=O)N(C)CCCC1C2=C(C=CC1C(C)=O)n1ccc3c1C(=CCC3)C=N2. The highest BCUT2D eigenvalue weighted by Gasteiger charge is 2.34. The molecule has 1 aromatic heterocycles. The van der Waals surface area contributed by atoms with Crippen LogP contribution >= 0.6 is 0 Å². The van der Waals surface area contributed by atoms with Gasteiger partial charge < -0.3 is 14.2 Å². The first-order chi connectivity index (χ1) is 14.5. The Morgan fingerprint density at radius 1 is 1.37 bits per heavy atom. The van der Waals surface area contributed by atoms with E-state index < -0.39 is 0 Å². The minimum atomic E-state index is -0.311. The number of aryl methyl sites for hydroxylation is 1. The number of hydrogen-bond acceptors (Lipinski definition) is 4. The van der Waals surface area contributed by atoms with Crippen LogP contribution in [0.2, 0.25) is 0 Å². The fourth-order valence-corrected chi connectivity index (χ4v) is 4.68. The molecule has 2 heterocycles. The molecule has 6 nitrogen and oxygen atoms in total. The molecule has 3 aliphatic rings. The summed E-state index contributed by atoms with van der Waals surface area (Å²) in [6, 6.07) is 2.19. The summed E-state index contributed by atoms with van der Waals surface area (Å²) in [6.45, 7) is 4.40. The zero-order valence-corrected chi connectivity index (χ0v) is 17.9. The number of hydrogen-bond donors (Lipinski definition) is 0. The summed E-state index contributed by atoms with van der Waals surface area (Å²) in [6.07, 6.45) is 13.7. The molecule has 1 amide bonds. The molecule has 2 atom stereocenters. The van der Waals surface area contributed by atoms with Crippen molar-refractivity contribution in [3.8, 4) is 0 Å². The smallest absolute Gasteiger partial charge is 0.409 e. The van der Waals surface area contributed by atoms with Gasteiger partial charge in [0.05, 0.1) is 23.7 Å². The molecule has 30 heavy (non-hydrogen) atoms. The number of aromatic nitrogens is 1. The predicted molar refractivity (Wildman–Crippen MR) is 118 cm³/mol. The number of carbonyl (C=O) groups excluding carboxylic acids is 2. The molecular formula is C24H29N3O3. The first-order valence-corrected chi connectivity index (χ1v) is 10.8. The normalized spacial score (nSPS) is 21.5. The maximum atomic E-state index is 12.4. The number of amides is 1. The van der Waals surface area contributed by atoms with Crippen LogP contribution in [0.4, 0.5) is 4.79 Å². The van der Waals surface area contributed by atoms with E-state index in [1.165, 1.54) is 11.3 Å². The van der Waals surface area contributed by atoms with Crippen LogP contribution < -0.4 is 0 Å². The fourth-order valence-electron chi connectivity index (χ4n) is 4.68. The van der Waals surface area contributed by atoms with E-state index in [2.05, 4.69) is 29.0 Å². The van der Waals surface area contributed by atoms with Gasteiger partial charge in [-0.1, -0.05) is 12.2 Å². The van der Waals surface area contributed by atoms with Crippen molar-refractivity contribution in [2.75, 3.05) is 20.2 Å². The second-order valence-electron chi connectivity index (χ2n) is 8.15. The van der Waals surface area contributed by atoms with Gasteiger partial charge in [-0.2, -0.15) is 0 Å². The standard InChI is InChI=1S/C24H29N3O3/c1-4-30-24(29)26(3)13-6-9-20-19(16(2)28)10-11-21-22(20)25-15-18-8-5-7-17-12-14-27(21)23(17)18/h8,10-12,14-15,19-20H,4-7,9,13H2,1-3H3. The topological polar surface area (TPSA) is 63.9 Å². The van der Waals surface area contributed by atoms with Gasteiger partial charge in [0.15, 0.2) is 0 Å². The average molecular weight is 408 g/mol. The molecular weight excluding hydrogens is 378 g/mol. The lowest BCUT2D eigenvalue weighted by Crippen LogP contribution is -2.30. The van der Waals surface area contributed by atoms with Crippen molar-refractivity contribution in [2.45, 2.75) is 39.5 Å². The van der Waals surface area contributed by atoms with Crippen LogP contribution in [0, 0.1) is 11.8 Å². The Balaban J connectivity index is 1.61. The lowest BCUT2D eigenvalue weighted by Gasteiger charge is -2.29. The largest absolute Gasteiger partial charge is 0.450 e. The summed E-state index contributed by atoms with van der Waals surface area (Å²) < 4.78 is 7.29. The van der Waals surface area contributed by atoms with Gasteiger partial charge >= 0.3 is 6.09 Å². The molecule has 0 saturated heterocycles. The van der Waals surface area contributed by atoms with Crippen LogP contribution in [0.3, 0.4) is 0 Å². The maximum absolute atomic E-state index is 12.4. The van der Waals surface area contributed by atoms with Crippen molar-refractivity contribution in [2.24, 2.45) is 16.8 Å². The molecule has 0 spiro atoms. The quantitative estimate of drug-likeness (QED) is 0.705. The number of Topliss-reactive ketones (excluding diaryl/α,β-unsaturated/α-hetero) is 1. The second kappa shape index (κ2) is 8.46. The third kappa shape index (κ3) is 3.66. The Labute approximate surface area is 177 Å². The molecule has 0 aromatic carbocycles. The van der Waals surface area contributed by atoms with Gasteiger partial charge in [-0.3, -0.25) is 9.79 Å². The second-order valence-corrected chi connectivity index (χ2v) is 8.15. The van der Waals surface area contributed by atoms with E-state index in [0.29, 0.717) is 13.2 Å². The first kappa shape index (κ1) is 20.4. The number of rotatable bonds is 6. The van der Waals surface area contributed by atoms with Crippen molar-refractivity contribution in [1.82, 2.24) is 9.47 Å². The van der Waals surface area contributed by atoms with Gasteiger partial charge in [0.25, 0.3) is 0 Å². The minimum Gasteiger partial charge on any atom is -0.450 e. The molecule has 2 unspecified atom stereocenters. The Bertz CT molecular complexity index is 980. The monoisotopic (exact) mass is 407 g/mol. The summed E-state index contributed by atoms with van der Waals surface area (Å²) in [4.78, 5) is 30.8. The Morgan fingerprint density at radius 2 is 2.20 bits per heavy atom. The Hall–Kier alpha value is -2.89. The average Bonchev–Trinajstić information content (AvgIpc) is 3.09. The van der Waals surface area contributed by atoms with Crippen LogP contribution in [0.5, 0.6) is 0 Å². The summed E-state index contributed by atoms with van der Waals surface area (Å²) in [5, 5.41) is 0. The summed E-state index contributed by atoms with van der Waals surface area (Å²) in [7, 11) is 1.75. The summed E-state index contributed by atoms with van der Waals surface area (Å²) in [5.41, 5.74) is 5.75. The van der Waals surface area contributed by atoms with Crippen LogP contribution in [-0.2, 0) is 16.0 Å². The third-order valence-electron chi connectivity index (χ3n) is 6.19. The lowest BCUT2D eigenvalue weighted by atomic mass is 9.79. The molecule has 1 aliphatic heterocycles. The van der Waals surface area contributed by atoms with Crippen molar-refractivity contribution < 1.29 is 14.3 Å². The van der Waals surface area contributed by atoms with Gasteiger partial charge in [-0.25, -0.2) is 4.79 Å². The zero-order chi connectivity index (χ0) is 21.3.